The Morgan fingerprint density at radius 1 is 1.37 bits per heavy atom. The van der Waals surface area contributed by atoms with Crippen molar-refractivity contribution in [3.63, 3.8) is 0 Å². The lowest BCUT2D eigenvalue weighted by atomic mass is 9.84. The highest BCUT2D eigenvalue weighted by Crippen LogP contribution is 2.29. The molecule has 3 nitrogen and oxygen atoms in total. The smallest absolute Gasteiger partial charge is 0.224 e. The van der Waals surface area contributed by atoms with Gasteiger partial charge in [-0.2, -0.15) is 0 Å². The molecule has 1 aromatic rings. The number of benzene rings is 1. The van der Waals surface area contributed by atoms with Crippen LogP contribution in [0.15, 0.2) is 24.3 Å². The van der Waals surface area contributed by atoms with Crippen LogP contribution in [0.4, 0.5) is 0 Å². The summed E-state index contributed by atoms with van der Waals surface area (Å²) in [5, 5.41) is 6.74. The third-order valence-corrected chi connectivity index (χ3v) is 3.60. The number of hydrogen-bond acceptors (Lipinski definition) is 2. The van der Waals surface area contributed by atoms with Gasteiger partial charge in [-0.3, -0.25) is 4.79 Å². The van der Waals surface area contributed by atoms with E-state index in [9.17, 15) is 4.79 Å². The normalized spacial score (nSPS) is 13.1. The van der Waals surface area contributed by atoms with E-state index in [0.29, 0.717) is 13.1 Å². The van der Waals surface area contributed by atoms with Crippen molar-refractivity contribution in [2.24, 2.45) is 5.92 Å². The molecule has 0 fully saturated rings. The molecule has 1 atom stereocenters. The van der Waals surface area contributed by atoms with Crippen LogP contribution >= 0.6 is 11.6 Å². The quantitative estimate of drug-likeness (QED) is 0.842. The fraction of sp³-hybridized carbons (Fsp3) is 0.533. The summed E-state index contributed by atoms with van der Waals surface area (Å²) in [4.78, 5) is 11.9. The summed E-state index contributed by atoms with van der Waals surface area (Å²) in [6.45, 7) is 7.32. The van der Waals surface area contributed by atoms with Gasteiger partial charge in [0.25, 0.3) is 0 Å². The van der Waals surface area contributed by atoms with Crippen LogP contribution in [-0.4, -0.2) is 26.0 Å². The molecule has 1 amide bonds. The van der Waals surface area contributed by atoms with Crippen LogP contribution < -0.4 is 10.6 Å². The van der Waals surface area contributed by atoms with Crippen molar-refractivity contribution >= 4 is 17.5 Å². The molecule has 0 aliphatic heterocycles. The van der Waals surface area contributed by atoms with Gasteiger partial charge in [0.15, 0.2) is 0 Å². The van der Waals surface area contributed by atoms with Crippen molar-refractivity contribution in [1.82, 2.24) is 10.6 Å². The summed E-state index contributed by atoms with van der Waals surface area (Å²) >= 11 is 6.21. The predicted octanol–water partition coefficient (Wildman–Crippen LogP) is 2.59. The van der Waals surface area contributed by atoms with Gasteiger partial charge in [0.05, 0.1) is 0 Å². The fourth-order valence-corrected chi connectivity index (χ4v) is 2.38. The third-order valence-electron chi connectivity index (χ3n) is 3.27. The van der Waals surface area contributed by atoms with Crippen molar-refractivity contribution in [1.29, 1.82) is 0 Å². The molecule has 0 bridgehead atoms. The van der Waals surface area contributed by atoms with E-state index in [-0.39, 0.29) is 17.2 Å². The Morgan fingerprint density at radius 3 is 2.58 bits per heavy atom. The van der Waals surface area contributed by atoms with Crippen LogP contribution in [0.1, 0.15) is 26.3 Å². The topological polar surface area (TPSA) is 41.1 Å². The zero-order valence-electron chi connectivity index (χ0n) is 12.1. The number of amides is 1. The molecule has 0 aromatic heterocycles. The lowest BCUT2D eigenvalue weighted by molar-refractivity contribution is -0.124. The van der Waals surface area contributed by atoms with E-state index in [1.165, 1.54) is 0 Å². The first-order valence-corrected chi connectivity index (χ1v) is 6.93. The molecule has 19 heavy (non-hydrogen) atoms. The predicted molar refractivity (Wildman–Crippen MR) is 80.6 cm³/mol. The molecule has 0 spiro atoms. The molecule has 4 heteroatoms. The van der Waals surface area contributed by atoms with Gasteiger partial charge in [0.1, 0.15) is 0 Å². The van der Waals surface area contributed by atoms with E-state index < -0.39 is 0 Å². The molecule has 1 rings (SSSR count). The molecule has 1 unspecified atom stereocenters. The minimum Gasteiger partial charge on any atom is -0.355 e. The van der Waals surface area contributed by atoms with Gasteiger partial charge in [-0.1, -0.05) is 50.6 Å². The van der Waals surface area contributed by atoms with E-state index in [2.05, 4.69) is 24.5 Å². The summed E-state index contributed by atoms with van der Waals surface area (Å²) in [5.41, 5.74) is 0.867. The summed E-state index contributed by atoms with van der Waals surface area (Å²) < 4.78 is 0. The average Bonchev–Trinajstić information content (AvgIpc) is 2.36. The molecule has 0 heterocycles. The highest BCUT2D eigenvalue weighted by Gasteiger charge is 2.24. The summed E-state index contributed by atoms with van der Waals surface area (Å²) in [6.07, 6.45) is 0. The highest BCUT2D eigenvalue weighted by molar-refractivity contribution is 6.31. The Labute approximate surface area is 120 Å². The van der Waals surface area contributed by atoms with E-state index in [1.807, 2.05) is 38.2 Å². The van der Waals surface area contributed by atoms with E-state index >= 15 is 0 Å². The molecular formula is C15H23ClN2O. The Morgan fingerprint density at radius 2 is 2.00 bits per heavy atom. The van der Waals surface area contributed by atoms with Crippen LogP contribution in [0.5, 0.6) is 0 Å². The van der Waals surface area contributed by atoms with Crippen molar-refractivity contribution in [2.45, 2.75) is 26.2 Å². The number of rotatable bonds is 6. The van der Waals surface area contributed by atoms with E-state index in [1.54, 1.807) is 0 Å². The standard InChI is InChI=1S/C15H23ClN2O/c1-11(9-17-4)14(19)18-10-15(2,3)12-7-5-6-8-13(12)16/h5-8,11,17H,9-10H2,1-4H3,(H,18,19). The molecule has 0 aliphatic carbocycles. The summed E-state index contributed by atoms with van der Waals surface area (Å²) in [6, 6.07) is 7.76. The van der Waals surface area contributed by atoms with Gasteiger partial charge < -0.3 is 10.6 Å². The lowest BCUT2D eigenvalue weighted by Crippen LogP contribution is -2.41. The number of nitrogens with one attached hydrogen (secondary N) is 2. The second-order valence-electron chi connectivity index (χ2n) is 5.54. The molecule has 0 saturated heterocycles. The minimum atomic E-state index is -0.187. The highest BCUT2D eigenvalue weighted by atomic mass is 35.5. The number of halogens is 1. The fourth-order valence-electron chi connectivity index (χ4n) is 1.99. The first-order valence-electron chi connectivity index (χ1n) is 6.56. The molecule has 0 aliphatic rings. The van der Waals surface area contributed by atoms with Crippen molar-refractivity contribution in [2.75, 3.05) is 20.1 Å². The molecule has 1 aromatic carbocycles. The van der Waals surface area contributed by atoms with Crippen LogP contribution in [0.3, 0.4) is 0 Å². The van der Waals surface area contributed by atoms with Crippen molar-refractivity contribution < 1.29 is 4.79 Å². The van der Waals surface area contributed by atoms with Crippen LogP contribution in [0, 0.1) is 5.92 Å². The maximum atomic E-state index is 11.9. The Kier molecular flexibility index (Phi) is 5.83. The van der Waals surface area contributed by atoms with Crippen molar-refractivity contribution in [3.05, 3.63) is 34.9 Å². The zero-order chi connectivity index (χ0) is 14.5. The Balaban J connectivity index is 2.66. The monoisotopic (exact) mass is 282 g/mol. The van der Waals surface area contributed by atoms with Gasteiger partial charge in [-0.15, -0.1) is 0 Å². The molecule has 106 valence electrons. The van der Waals surface area contributed by atoms with Gasteiger partial charge in [-0.05, 0) is 18.7 Å². The zero-order valence-corrected chi connectivity index (χ0v) is 12.8. The van der Waals surface area contributed by atoms with E-state index in [0.717, 1.165) is 10.6 Å². The largest absolute Gasteiger partial charge is 0.355 e. The SMILES string of the molecule is CNCC(C)C(=O)NCC(C)(C)c1ccccc1Cl. The molecular weight excluding hydrogens is 260 g/mol. The number of carbonyl (C=O) groups excluding carboxylic acids is 1. The Hall–Kier alpha value is -1.06. The minimum absolute atomic E-state index is 0.0351. The first-order chi connectivity index (χ1) is 8.88. The van der Waals surface area contributed by atoms with Crippen LogP contribution in [-0.2, 0) is 10.2 Å². The van der Waals surface area contributed by atoms with Crippen LogP contribution in [0.25, 0.3) is 0 Å². The summed E-state index contributed by atoms with van der Waals surface area (Å²) in [5.74, 6) is 0.0292. The summed E-state index contributed by atoms with van der Waals surface area (Å²) in [7, 11) is 1.84. The van der Waals surface area contributed by atoms with E-state index in [4.69, 9.17) is 11.6 Å². The molecule has 0 saturated carbocycles. The first kappa shape index (κ1) is 16.0. The lowest BCUT2D eigenvalue weighted by Gasteiger charge is -2.27. The Bertz CT molecular complexity index is 432. The second kappa shape index (κ2) is 6.92. The second-order valence-corrected chi connectivity index (χ2v) is 5.95. The maximum absolute atomic E-state index is 11.9. The average molecular weight is 283 g/mol. The number of hydrogen-bond donors (Lipinski definition) is 2. The number of carbonyl (C=O) groups is 1. The van der Waals surface area contributed by atoms with Crippen molar-refractivity contribution in [3.8, 4) is 0 Å². The van der Waals surface area contributed by atoms with Gasteiger partial charge in [0.2, 0.25) is 5.91 Å². The maximum Gasteiger partial charge on any atom is 0.224 e. The van der Waals surface area contributed by atoms with Gasteiger partial charge in [-0.25, -0.2) is 0 Å². The third kappa shape index (κ3) is 4.51. The van der Waals surface area contributed by atoms with Gasteiger partial charge >= 0.3 is 0 Å². The molecule has 0 radical (unpaired) electrons. The van der Waals surface area contributed by atoms with Gasteiger partial charge in [0, 0.05) is 29.4 Å². The molecule has 2 N–H and O–H groups in total. The van der Waals surface area contributed by atoms with Crippen LogP contribution in [0.2, 0.25) is 5.02 Å².